The Labute approximate surface area is 206 Å². The number of carboxylic acid groups (broad SMARTS) is 1. The minimum absolute atomic E-state index is 0. The average molecular weight is 466 g/mol. The van der Waals surface area contributed by atoms with Gasteiger partial charge < -0.3 is 33.0 Å². The number of nitrogens with one attached hydrogen (secondary N) is 1. The van der Waals surface area contributed by atoms with Crippen LogP contribution in [0.3, 0.4) is 0 Å². The molecule has 1 saturated heterocycles. The molecule has 30 heavy (non-hydrogen) atoms. The number of hydrogen-bond acceptors (Lipinski definition) is 9. The minimum atomic E-state index is -1.35. The summed E-state index contributed by atoms with van der Waals surface area (Å²) in [6.07, 6.45) is 0.290. The van der Waals surface area contributed by atoms with Crippen molar-refractivity contribution in [2.24, 2.45) is 10.9 Å². The van der Waals surface area contributed by atoms with Gasteiger partial charge in [0.25, 0.3) is 11.8 Å². The Morgan fingerprint density at radius 2 is 2.23 bits per heavy atom. The molecule has 3 amide bonds. The number of aliphatic carboxylic acids is 1. The molecule has 0 aliphatic carbocycles. The first-order valence-corrected chi connectivity index (χ1v) is 9.18. The quantitative estimate of drug-likeness (QED) is 0.203. The summed E-state index contributed by atoms with van der Waals surface area (Å²) in [6, 6.07) is 2.08. The Hall–Kier alpha value is -2.22. The van der Waals surface area contributed by atoms with Crippen LogP contribution in [0.5, 0.6) is 0 Å². The number of nitrogens with two attached hydrogens (primary N) is 1. The molecule has 0 aromatic carbocycles. The second kappa shape index (κ2) is 10.2. The zero-order chi connectivity index (χ0) is 21.1. The number of primary amides is 1. The summed E-state index contributed by atoms with van der Waals surface area (Å²) in [5.74, 6) is -2.38. The maximum Gasteiger partial charge on any atom is 2.00 e. The molecule has 1 aromatic rings. The molecular weight excluding hydrogens is 448 g/mol. The van der Waals surface area contributed by atoms with E-state index in [-0.39, 0.29) is 75.7 Å². The number of amides is 3. The fourth-order valence-corrected chi connectivity index (χ4v) is 4.19. The van der Waals surface area contributed by atoms with Crippen LogP contribution in [0.4, 0.5) is 4.79 Å². The molecule has 2 aliphatic rings. The van der Waals surface area contributed by atoms with Crippen molar-refractivity contribution in [1.29, 1.82) is 0 Å². The van der Waals surface area contributed by atoms with E-state index < -0.39 is 35.3 Å². The van der Waals surface area contributed by atoms with Crippen molar-refractivity contribution in [3.8, 4) is 0 Å². The molecule has 0 saturated carbocycles. The van der Waals surface area contributed by atoms with E-state index in [2.05, 4.69) is 20.0 Å². The summed E-state index contributed by atoms with van der Waals surface area (Å²) in [4.78, 5) is 53.3. The van der Waals surface area contributed by atoms with Crippen LogP contribution in [0.1, 0.15) is 8.61 Å². The van der Waals surface area contributed by atoms with Crippen molar-refractivity contribution >= 4 is 79.1 Å². The number of oxime groups is 1. The van der Waals surface area contributed by atoms with Gasteiger partial charge in [-0.15, -0.1) is 11.8 Å². The van der Waals surface area contributed by atoms with Crippen LogP contribution in [0.2, 0.25) is 0 Å². The Balaban J connectivity index is 0.00000320. The fraction of sp³-hybridized carbons (Fsp3) is 0.312. The molecule has 12 nitrogen and oxygen atoms in total. The smallest absolute Gasteiger partial charge is 1.00 e. The minimum Gasteiger partial charge on any atom is -1.00 e. The number of β-lactam (4-membered cyclic amide) rings is 1. The molecule has 0 spiro atoms. The number of ether oxygens (including phenoxy) is 1. The second-order valence-corrected chi connectivity index (χ2v) is 6.93. The number of carbonyl (C=O) groups is 4. The van der Waals surface area contributed by atoms with Crippen molar-refractivity contribution in [2.75, 3.05) is 19.5 Å². The molecular formula is C16H18CaN4O8S. The van der Waals surface area contributed by atoms with E-state index >= 15 is 0 Å². The molecule has 3 rings (SSSR count). The average Bonchev–Trinajstić information content (AvgIpc) is 3.21. The van der Waals surface area contributed by atoms with Crippen molar-refractivity contribution in [1.82, 2.24) is 10.2 Å². The maximum atomic E-state index is 12.6. The third kappa shape index (κ3) is 4.74. The second-order valence-electron chi connectivity index (χ2n) is 5.83. The normalized spacial score (nSPS) is 20.5. The Kier molecular flexibility index (Phi) is 8.17. The SMILES string of the molecule is CO/N=C(/C(=O)N[C@@H]1C(=O)N2C(C(=O)O)=C(COC(N)=O)CS[C@H]12)c1ccco1.[Ca+2].[H-].[H-]. The van der Waals surface area contributed by atoms with Gasteiger partial charge in [0.1, 0.15) is 30.8 Å². The van der Waals surface area contributed by atoms with E-state index in [9.17, 15) is 24.3 Å². The molecule has 158 valence electrons. The standard InChI is InChI=1S/C16H16N4O8S.Ca.2H/c1-26-19-9(8-3-2-4-27-8)12(21)18-10-13(22)20-11(15(23)24)7(5-28-16(17)25)6-29-14(10)20;;;/h2-4,10,14H,5-6H2,1H3,(H2,17,25)(H,18,21)(H,23,24);;;/q;+2;2*-1/b19-9+;;;/t10-,14-;;;/m1.../s1. The Morgan fingerprint density at radius 1 is 1.50 bits per heavy atom. The molecule has 0 unspecified atom stereocenters. The van der Waals surface area contributed by atoms with Gasteiger partial charge in [0.05, 0.1) is 6.26 Å². The van der Waals surface area contributed by atoms with E-state index in [4.69, 9.17) is 10.2 Å². The van der Waals surface area contributed by atoms with E-state index in [1.54, 1.807) is 6.07 Å². The number of hydrogen-bond donors (Lipinski definition) is 3. The first kappa shape index (κ1) is 24.1. The Bertz CT molecular complexity index is 927. The summed E-state index contributed by atoms with van der Waals surface area (Å²) >= 11 is 1.21. The van der Waals surface area contributed by atoms with Crippen LogP contribution in [0, 0.1) is 0 Å². The largest absolute Gasteiger partial charge is 2.00 e. The Morgan fingerprint density at radius 3 is 2.80 bits per heavy atom. The molecule has 2 aliphatic heterocycles. The fourth-order valence-electron chi connectivity index (χ4n) is 2.87. The van der Waals surface area contributed by atoms with Crippen molar-refractivity contribution in [3.05, 3.63) is 35.4 Å². The van der Waals surface area contributed by atoms with Crippen LogP contribution >= 0.6 is 11.8 Å². The van der Waals surface area contributed by atoms with Gasteiger partial charge in [-0.2, -0.15) is 0 Å². The molecule has 1 aromatic heterocycles. The summed E-state index contributed by atoms with van der Waals surface area (Å²) < 4.78 is 9.79. The topological polar surface area (TPSA) is 174 Å². The van der Waals surface area contributed by atoms with Crippen LogP contribution in [0.15, 0.2) is 39.2 Å². The van der Waals surface area contributed by atoms with Gasteiger partial charge in [0.15, 0.2) is 5.76 Å². The number of furan rings is 1. The summed E-state index contributed by atoms with van der Waals surface area (Å²) in [6.45, 7) is -0.347. The zero-order valence-electron chi connectivity index (χ0n) is 17.7. The zero-order valence-corrected chi connectivity index (χ0v) is 18.7. The van der Waals surface area contributed by atoms with E-state index in [0.29, 0.717) is 0 Å². The number of rotatable bonds is 7. The molecule has 2 atom stereocenters. The molecule has 0 radical (unpaired) electrons. The molecule has 3 heterocycles. The van der Waals surface area contributed by atoms with E-state index in [0.717, 1.165) is 4.90 Å². The van der Waals surface area contributed by atoms with Gasteiger partial charge in [0, 0.05) is 11.3 Å². The van der Waals surface area contributed by atoms with Crippen molar-refractivity contribution in [3.63, 3.8) is 0 Å². The number of thioether (sulfide) groups is 1. The summed E-state index contributed by atoms with van der Waals surface area (Å²) in [5, 5.41) is 15.0. The number of nitrogens with zero attached hydrogens (tertiary/aromatic N) is 2. The molecule has 4 N–H and O–H groups in total. The van der Waals surface area contributed by atoms with Gasteiger partial charge in [-0.25, -0.2) is 9.59 Å². The van der Waals surface area contributed by atoms with Gasteiger partial charge in [-0.1, -0.05) is 5.16 Å². The number of carbonyl (C=O) groups excluding carboxylic acids is 3. The summed E-state index contributed by atoms with van der Waals surface area (Å²) in [5.41, 5.74) is 4.68. The number of carboxylic acids is 1. The van der Waals surface area contributed by atoms with Gasteiger partial charge in [-0.05, 0) is 12.1 Å². The molecule has 0 bridgehead atoms. The van der Waals surface area contributed by atoms with Crippen LogP contribution in [-0.4, -0.2) is 108 Å². The predicted molar refractivity (Wildman–Crippen MR) is 105 cm³/mol. The maximum absolute atomic E-state index is 12.6. The predicted octanol–water partition coefficient (Wildman–Crippen LogP) is -0.692. The third-order valence-corrected chi connectivity index (χ3v) is 5.42. The summed E-state index contributed by atoms with van der Waals surface area (Å²) in [7, 11) is 1.25. The monoisotopic (exact) mass is 466 g/mol. The first-order valence-electron chi connectivity index (χ1n) is 8.13. The van der Waals surface area contributed by atoms with Crippen molar-refractivity contribution in [2.45, 2.75) is 11.4 Å². The third-order valence-electron chi connectivity index (χ3n) is 4.08. The van der Waals surface area contributed by atoms with E-state index in [1.165, 1.54) is 31.2 Å². The van der Waals surface area contributed by atoms with Crippen LogP contribution in [0.25, 0.3) is 0 Å². The van der Waals surface area contributed by atoms with E-state index in [1.807, 2.05) is 0 Å². The van der Waals surface area contributed by atoms with Gasteiger partial charge >= 0.3 is 49.8 Å². The van der Waals surface area contributed by atoms with Crippen LogP contribution in [-0.2, 0) is 24.0 Å². The van der Waals surface area contributed by atoms with Gasteiger partial charge in [0.2, 0.25) is 5.71 Å². The number of fused-ring (bicyclic) bond motifs is 1. The molecule has 14 heteroatoms. The first-order chi connectivity index (χ1) is 13.8. The van der Waals surface area contributed by atoms with Crippen molar-refractivity contribution < 1.29 is 41.1 Å². The van der Waals surface area contributed by atoms with Crippen LogP contribution < -0.4 is 11.1 Å². The molecule has 1 fully saturated rings. The van der Waals surface area contributed by atoms with Gasteiger partial charge in [-0.3, -0.25) is 14.5 Å².